The molecule has 0 saturated carbocycles. The highest BCUT2D eigenvalue weighted by Crippen LogP contribution is 2.35. The number of nitrogens with one attached hydrogen (secondary N) is 1. The van der Waals surface area contributed by atoms with Crippen molar-refractivity contribution in [3.63, 3.8) is 0 Å². The van der Waals surface area contributed by atoms with Gasteiger partial charge in [0.1, 0.15) is 0 Å². The Labute approximate surface area is 115 Å². The minimum Gasteiger partial charge on any atom is -0.342 e. The molecule has 0 bridgehead atoms. The van der Waals surface area contributed by atoms with Crippen LogP contribution in [0.25, 0.3) is 0 Å². The van der Waals surface area contributed by atoms with Gasteiger partial charge in [0, 0.05) is 25.0 Å². The van der Waals surface area contributed by atoms with Crippen molar-refractivity contribution in [1.82, 2.24) is 10.2 Å². The van der Waals surface area contributed by atoms with Gasteiger partial charge in [-0.25, -0.2) is 0 Å². The van der Waals surface area contributed by atoms with E-state index in [9.17, 15) is 4.79 Å². The van der Waals surface area contributed by atoms with E-state index in [1.807, 2.05) is 30.3 Å². The van der Waals surface area contributed by atoms with E-state index in [2.05, 4.69) is 10.2 Å². The Bertz CT molecular complexity index is 437. The molecule has 2 aliphatic heterocycles. The van der Waals surface area contributed by atoms with Crippen LogP contribution in [-0.2, 0) is 11.2 Å². The Hall–Kier alpha value is -1.35. The van der Waals surface area contributed by atoms with Gasteiger partial charge in [0.2, 0.25) is 5.91 Å². The number of benzene rings is 1. The zero-order valence-corrected chi connectivity index (χ0v) is 11.4. The first kappa shape index (κ1) is 12.7. The van der Waals surface area contributed by atoms with E-state index < -0.39 is 0 Å². The topological polar surface area (TPSA) is 32.3 Å². The number of hydrogen-bond acceptors (Lipinski definition) is 2. The molecule has 1 amide bonds. The van der Waals surface area contributed by atoms with Gasteiger partial charge in [0.15, 0.2) is 0 Å². The molecule has 0 radical (unpaired) electrons. The number of piperidine rings is 1. The van der Waals surface area contributed by atoms with Crippen molar-refractivity contribution in [2.75, 3.05) is 26.2 Å². The van der Waals surface area contributed by atoms with Gasteiger partial charge in [0.25, 0.3) is 0 Å². The lowest BCUT2D eigenvalue weighted by molar-refractivity contribution is -0.133. The first-order valence-corrected chi connectivity index (χ1v) is 7.30. The highest BCUT2D eigenvalue weighted by molar-refractivity contribution is 5.78. The third-order valence-corrected chi connectivity index (χ3v) is 4.54. The number of likely N-dealkylation sites (tertiary alicyclic amines) is 1. The first-order valence-electron chi connectivity index (χ1n) is 7.30. The number of amides is 1. The molecule has 0 unspecified atom stereocenters. The monoisotopic (exact) mass is 258 g/mol. The van der Waals surface area contributed by atoms with Crippen molar-refractivity contribution in [2.24, 2.45) is 5.41 Å². The van der Waals surface area contributed by atoms with Crippen LogP contribution >= 0.6 is 0 Å². The smallest absolute Gasteiger partial charge is 0.227 e. The number of nitrogens with zero attached hydrogens (tertiary/aromatic N) is 1. The maximum atomic E-state index is 12.4. The second-order valence-corrected chi connectivity index (χ2v) is 6.01. The summed E-state index contributed by atoms with van der Waals surface area (Å²) in [7, 11) is 0. The average Bonchev–Trinajstić information content (AvgIpc) is 2.88. The molecule has 1 aromatic carbocycles. The van der Waals surface area contributed by atoms with Crippen LogP contribution in [0, 0.1) is 5.41 Å². The van der Waals surface area contributed by atoms with E-state index in [0.717, 1.165) is 38.2 Å². The van der Waals surface area contributed by atoms with E-state index in [4.69, 9.17) is 0 Å². The Morgan fingerprint density at radius 3 is 2.84 bits per heavy atom. The molecule has 3 nitrogen and oxygen atoms in total. The lowest BCUT2D eigenvalue weighted by Gasteiger charge is -2.40. The molecular weight excluding hydrogens is 236 g/mol. The summed E-state index contributed by atoms with van der Waals surface area (Å²) in [5.74, 6) is 0.289. The Morgan fingerprint density at radius 1 is 1.26 bits per heavy atom. The normalized spacial score (nSPS) is 26.8. The standard InChI is InChI=1S/C16H22N2O/c19-15(11-14-5-2-1-3-6-14)18-10-4-7-16(13-18)8-9-17-12-16/h1-3,5-6,17H,4,7-13H2/t16-/m1/s1. The summed E-state index contributed by atoms with van der Waals surface area (Å²) in [5, 5.41) is 3.45. The van der Waals surface area contributed by atoms with Gasteiger partial charge in [-0.15, -0.1) is 0 Å². The molecule has 2 saturated heterocycles. The molecule has 3 heteroatoms. The van der Waals surface area contributed by atoms with Crippen LogP contribution < -0.4 is 5.32 Å². The summed E-state index contributed by atoms with van der Waals surface area (Å²) < 4.78 is 0. The van der Waals surface area contributed by atoms with Crippen LogP contribution in [0.2, 0.25) is 0 Å². The fourth-order valence-electron chi connectivity index (χ4n) is 3.45. The number of hydrogen-bond donors (Lipinski definition) is 1. The lowest BCUT2D eigenvalue weighted by Crippen LogP contribution is -2.47. The zero-order chi connectivity index (χ0) is 13.1. The molecule has 19 heavy (non-hydrogen) atoms. The van der Waals surface area contributed by atoms with Crippen LogP contribution in [0.15, 0.2) is 30.3 Å². The maximum Gasteiger partial charge on any atom is 0.227 e. The van der Waals surface area contributed by atoms with Crippen molar-refractivity contribution in [3.05, 3.63) is 35.9 Å². The number of carbonyl (C=O) groups excluding carboxylic acids is 1. The molecule has 0 aliphatic carbocycles. The highest BCUT2D eigenvalue weighted by Gasteiger charge is 2.39. The van der Waals surface area contributed by atoms with Crippen LogP contribution in [0.4, 0.5) is 0 Å². The van der Waals surface area contributed by atoms with Crippen molar-refractivity contribution in [2.45, 2.75) is 25.7 Å². The molecule has 1 spiro atoms. The van der Waals surface area contributed by atoms with Crippen LogP contribution in [-0.4, -0.2) is 37.0 Å². The van der Waals surface area contributed by atoms with Gasteiger partial charge in [0.05, 0.1) is 6.42 Å². The molecule has 3 rings (SSSR count). The number of carbonyl (C=O) groups is 1. The summed E-state index contributed by atoms with van der Waals surface area (Å²) in [5.41, 5.74) is 1.49. The summed E-state index contributed by atoms with van der Waals surface area (Å²) in [6.07, 6.45) is 4.20. The zero-order valence-electron chi connectivity index (χ0n) is 11.4. The molecule has 2 heterocycles. The minimum atomic E-state index is 0.289. The van der Waals surface area contributed by atoms with E-state index in [1.54, 1.807) is 0 Å². The molecule has 1 N–H and O–H groups in total. The summed E-state index contributed by atoms with van der Waals surface area (Å²) in [6, 6.07) is 10.1. The van der Waals surface area contributed by atoms with Gasteiger partial charge >= 0.3 is 0 Å². The third-order valence-electron chi connectivity index (χ3n) is 4.54. The molecule has 1 atom stereocenters. The van der Waals surface area contributed by atoms with Gasteiger partial charge in [-0.3, -0.25) is 4.79 Å². The van der Waals surface area contributed by atoms with E-state index in [0.29, 0.717) is 11.8 Å². The van der Waals surface area contributed by atoms with Gasteiger partial charge in [-0.1, -0.05) is 30.3 Å². The Morgan fingerprint density at radius 2 is 2.11 bits per heavy atom. The molecule has 102 valence electrons. The van der Waals surface area contributed by atoms with Crippen molar-refractivity contribution in [1.29, 1.82) is 0 Å². The predicted molar refractivity (Wildman–Crippen MR) is 75.9 cm³/mol. The van der Waals surface area contributed by atoms with Crippen molar-refractivity contribution in [3.8, 4) is 0 Å². The van der Waals surface area contributed by atoms with Crippen LogP contribution in [0.3, 0.4) is 0 Å². The average molecular weight is 258 g/mol. The summed E-state index contributed by atoms with van der Waals surface area (Å²) in [6.45, 7) is 4.09. The maximum absolute atomic E-state index is 12.4. The number of rotatable bonds is 2. The highest BCUT2D eigenvalue weighted by atomic mass is 16.2. The molecular formula is C16H22N2O. The van der Waals surface area contributed by atoms with E-state index in [-0.39, 0.29) is 5.91 Å². The Balaban J connectivity index is 1.63. The second-order valence-electron chi connectivity index (χ2n) is 6.01. The lowest BCUT2D eigenvalue weighted by atomic mass is 9.79. The summed E-state index contributed by atoms with van der Waals surface area (Å²) >= 11 is 0. The van der Waals surface area contributed by atoms with Gasteiger partial charge in [-0.2, -0.15) is 0 Å². The van der Waals surface area contributed by atoms with Gasteiger partial charge in [-0.05, 0) is 31.4 Å². The van der Waals surface area contributed by atoms with Crippen molar-refractivity contribution < 1.29 is 4.79 Å². The quantitative estimate of drug-likeness (QED) is 0.878. The summed E-state index contributed by atoms with van der Waals surface area (Å²) in [4.78, 5) is 14.5. The van der Waals surface area contributed by atoms with Crippen LogP contribution in [0.5, 0.6) is 0 Å². The molecule has 2 aliphatic rings. The third kappa shape index (κ3) is 2.81. The Kier molecular flexibility index (Phi) is 3.56. The fraction of sp³-hybridized carbons (Fsp3) is 0.562. The molecule has 0 aromatic heterocycles. The first-order chi connectivity index (χ1) is 9.27. The van der Waals surface area contributed by atoms with Crippen LogP contribution in [0.1, 0.15) is 24.8 Å². The predicted octanol–water partition coefficient (Wildman–Crippen LogP) is 1.83. The van der Waals surface area contributed by atoms with Crippen molar-refractivity contribution >= 4 is 5.91 Å². The second kappa shape index (κ2) is 5.33. The van der Waals surface area contributed by atoms with E-state index >= 15 is 0 Å². The SMILES string of the molecule is O=C(Cc1ccccc1)N1CCC[C@]2(CCNC2)C1. The fourth-order valence-corrected chi connectivity index (χ4v) is 3.45. The molecule has 2 fully saturated rings. The minimum absolute atomic E-state index is 0.289. The molecule has 1 aromatic rings. The van der Waals surface area contributed by atoms with Gasteiger partial charge < -0.3 is 10.2 Å². The largest absolute Gasteiger partial charge is 0.342 e. The van der Waals surface area contributed by atoms with E-state index in [1.165, 1.54) is 12.8 Å².